The Labute approximate surface area is 186 Å². The fraction of sp³-hybridized carbons (Fsp3) is 0.292. The highest BCUT2D eigenvalue weighted by Gasteiger charge is 2.17. The Morgan fingerprint density at radius 3 is 2.53 bits per heavy atom. The molecule has 0 spiro atoms. The minimum Gasteiger partial charge on any atom is -0.493 e. The Bertz CT molecular complexity index is 1360. The highest BCUT2D eigenvalue weighted by atomic mass is 16.5. The first-order valence-electron chi connectivity index (χ1n) is 10.3. The van der Waals surface area contributed by atoms with Crippen molar-refractivity contribution in [2.24, 2.45) is 0 Å². The number of hydrogen-bond donors (Lipinski definition) is 1. The molecule has 8 nitrogen and oxygen atoms in total. The lowest BCUT2D eigenvalue weighted by molar-refractivity contribution is 0.354. The lowest BCUT2D eigenvalue weighted by atomic mass is 10.1. The number of aromatic amines is 1. The highest BCUT2D eigenvalue weighted by molar-refractivity contribution is 5.86. The van der Waals surface area contributed by atoms with Crippen molar-refractivity contribution in [2.45, 2.75) is 27.3 Å². The second kappa shape index (κ2) is 8.37. The van der Waals surface area contributed by atoms with Crippen LogP contribution >= 0.6 is 0 Å². The van der Waals surface area contributed by atoms with Crippen LogP contribution in [0.4, 0.5) is 5.95 Å². The predicted octanol–water partition coefficient (Wildman–Crippen LogP) is 3.69. The van der Waals surface area contributed by atoms with E-state index in [-0.39, 0.29) is 5.56 Å². The van der Waals surface area contributed by atoms with Gasteiger partial charge in [0.1, 0.15) is 0 Å². The molecule has 0 unspecified atom stereocenters. The van der Waals surface area contributed by atoms with Gasteiger partial charge in [0.05, 0.1) is 36.5 Å². The maximum atomic E-state index is 12.9. The van der Waals surface area contributed by atoms with Crippen LogP contribution in [0.25, 0.3) is 16.6 Å². The van der Waals surface area contributed by atoms with Crippen LogP contribution < -0.4 is 19.9 Å². The zero-order chi connectivity index (χ0) is 23.0. The number of rotatable bonds is 6. The topological polar surface area (TPSA) is 85.3 Å². The highest BCUT2D eigenvalue weighted by Crippen LogP contribution is 2.35. The van der Waals surface area contributed by atoms with Gasteiger partial charge in [-0.05, 0) is 44.5 Å². The number of anilines is 1. The molecule has 0 aliphatic heterocycles. The van der Waals surface area contributed by atoms with Gasteiger partial charge in [0.2, 0.25) is 5.95 Å². The average Bonchev–Trinajstić information content (AvgIpc) is 3.11. The molecular weight excluding hydrogens is 406 g/mol. The van der Waals surface area contributed by atoms with Crippen molar-refractivity contribution in [1.29, 1.82) is 0 Å². The van der Waals surface area contributed by atoms with E-state index in [1.54, 1.807) is 20.3 Å². The van der Waals surface area contributed by atoms with Crippen molar-refractivity contribution in [3.8, 4) is 17.2 Å². The molecule has 2 heterocycles. The SMILES string of the molecule is COc1cc2[nH]c(N(C)Cc3cccc(-n4nc(C)cc4C)c3)nc(=O)c2c(C)c1OC. The van der Waals surface area contributed by atoms with Crippen molar-refractivity contribution in [1.82, 2.24) is 19.7 Å². The summed E-state index contributed by atoms with van der Waals surface area (Å²) in [5.41, 5.74) is 5.16. The van der Waals surface area contributed by atoms with Gasteiger partial charge in [-0.3, -0.25) is 4.79 Å². The molecule has 0 saturated heterocycles. The molecule has 1 N–H and O–H groups in total. The first kappa shape index (κ1) is 21.4. The molecule has 0 saturated carbocycles. The van der Waals surface area contributed by atoms with Crippen LogP contribution in [-0.4, -0.2) is 41.0 Å². The standard InChI is InChI=1S/C24H27N5O3/c1-14-10-15(2)29(27-14)18-9-7-8-17(11-18)13-28(4)24-25-19-12-20(31-5)22(32-6)16(3)21(19)23(30)26-24/h7-12H,13H2,1-6H3,(H,25,26,30). The quantitative estimate of drug-likeness (QED) is 0.499. The summed E-state index contributed by atoms with van der Waals surface area (Å²) < 4.78 is 12.8. The van der Waals surface area contributed by atoms with Crippen LogP contribution in [0.1, 0.15) is 22.5 Å². The number of hydrogen-bond acceptors (Lipinski definition) is 6. The summed E-state index contributed by atoms with van der Waals surface area (Å²) in [6.07, 6.45) is 0. The van der Waals surface area contributed by atoms with Gasteiger partial charge in [0, 0.05) is 30.9 Å². The van der Waals surface area contributed by atoms with E-state index in [0.717, 1.165) is 22.6 Å². The molecule has 0 radical (unpaired) electrons. The third-order valence-corrected chi connectivity index (χ3v) is 5.52. The molecule has 166 valence electrons. The fourth-order valence-corrected chi connectivity index (χ4v) is 4.06. The average molecular weight is 434 g/mol. The number of benzene rings is 2. The maximum absolute atomic E-state index is 12.9. The molecule has 4 rings (SSSR count). The molecule has 2 aromatic heterocycles. The molecule has 0 amide bonds. The van der Waals surface area contributed by atoms with E-state index in [9.17, 15) is 4.79 Å². The van der Waals surface area contributed by atoms with Crippen LogP contribution in [0.15, 0.2) is 41.2 Å². The van der Waals surface area contributed by atoms with Crippen LogP contribution in [0.5, 0.6) is 11.5 Å². The first-order valence-corrected chi connectivity index (χ1v) is 10.3. The number of fused-ring (bicyclic) bond motifs is 1. The molecule has 2 aromatic carbocycles. The normalized spacial score (nSPS) is 11.1. The van der Waals surface area contributed by atoms with Crippen molar-refractivity contribution in [3.63, 3.8) is 0 Å². The van der Waals surface area contributed by atoms with Gasteiger partial charge in [-0.1, -0.05) is 12.1 Å². The van der Waals surface area contributed by atoms with Gasteiger partial charge in [-0.2, -0.15) is 10.1 Å². The van der Waals surface area contributed by atoms with Crippen molar-refractivity contribution in [2.75, 3.05) is 26.2 Å². The van der Waals surface area contributed by atoms with Gasteiger partial charge >= 0.3 is 0 Å². The second-order valence-corrected chi connectivity index (χ2v) is 7.89. The van der Waals surface area contributed by atoms with Gasteiger partial charge in [-0.15, -0.1) is 0 Å². The lowest BCUT2D eigenvalue weighted by Crippen LogP contribution is -2.23. The zero-order valence-electron chi connectivity index (χ0n) is 19.2. The monoisotopic (exact) mass is 433 g/mol. The number of aromatic nitrogens is 4. The van der Waals surface area contributed by atoms with Crippen LogP contribution in [0.2, 0.25) is 0 Å². The van der Waals surface area contributed by atoms with Crippen molar-refractivity contribution < 1.29 is 9.47 Å². The number of methoxy groups -OCH3 is 2. The summed E-state index contributed by atoms with van der Waals surface area (Å²) in [5.74, 6) is 1.57. The van der Waals surface area contributed by atoms with Crippen molar-refractivity contribution >= 4 is 16.9 Å². The second-order valence-electron chi connectivity index (χ2n) is 7.89. The van der Waals surface area contributed by atoms with Gasteiger partial charge in [-0.25, -0.2) is 4.68 Å². The summed E-state index contributed by atoms with van der Waals surface area (Å²) in [7, 11) is 5.03. The molecule has 0 aliphatic carbocycles. The smallest absolute Gasteiger partial charge is 0.282 e. The third-order valence-electron chi connectivity index (χ3n) is 5.52. The summed E-state index contributed by atoms with van der Waals surface area (Å²) in [6, 6.07) is 12.0. The molecule has 0 fully saturated rings. The lowest BCUT2D eigenvalue weighted by Gasteiger charge is -2.20. The van der Waals surface area contributed by atoms with E-state index in [1.807, 2.05) is 61.7 Å². The Balaban J connectivity index is 1.69. The molecule has 32 heavy (non-hydrogen) atoms. The molecule has 0 atom stereocenters. The Kier molecular flexibility index (Phi) is 5.61. The third kappa shape index (κ3) is 3.79. The van der Waals surface area contributed by atoms with Crippen molar-refractivity contribution in [3.05, 3.63) is 69.3 Å². The number of H-pyrrole nitrogens is 1. The predicted molar refractivity (Wildman–Crippen MR) is 125 cm³/mol. The largest absolute Gasteiger partial charge is 0.493 e. The molecule has 0 bridgehead atoms. The Morgan fingerprint density at radius 2 is 1.88 bits per heavy atom. The molecule has 0 aliphatic rings. The number of nitrogens with one attached hydrogen (secondary N) is 1. The summed E-state index contributed by atoms with van der Waals surface area (Å²) in [5, 5.41) is 5.06. The first-order chi connectivity index (χ1) is 15.3. The van der Waals surface area contributed by atoms with Crippen LogP contribution in [0, 0.1) is 20.8 Å². The van der Waals surface area contributed by atoms with E-state index in [2.05, 4.69) is 21.1 Å². The molecule has 8 heteroatoms. The van der Waals surface area contributed by atoms with E-state index in [1.165, 1.54) is 0 Å². The Hall–Kier alpha value is -3.81. The summed E-state index contributed by atoms with van der Waals surface area (Å²) in [6.45, 7) is 6.41. The van der Waals surface area contributed by atoms with Gasteiger partial charge < -0.3 is 19.4 Å². The zero-order valence-corrected chi connectivity index (χ0v) is 19.2. The van der Waals surface area contributed by atoms with Gasteiger partial charge in [0.15, 0.2) is 11.5 Å². The number of ether oxygens (including phenoxy) is 2. The molecular formula is C24H27N5O3. The van der Waals surface area contributed by atoms with Crippen LogP contribution in [0.3, 0.4) is 0 Å². The van der Waals surface area contributed by atoms with E-state index in [0.29, 0.717) is 40.5 Å². The van der Waals surface area contributed by atoms with Gasteiger partial charge in [0.25, 0.3) is 5.56 Å². The minimum absolute atomic E-state index is 0.310. The minimum atomic E-state index is -0.310. The summed E-state index contributed by atoms with van der Waals surface area (Å²) >= 11 is 0. The molecule has 4 aromatic rings. The summed E-state index contributed by atoms with van der Waals surface area (Å²) in [4.78, 5) is 22.3. The fourth-order valence-electron chi connectivity index (χ4n) is 4.06. The Morgan fingerprint density at radius 1 is 1.09 bits per heavy atom. The van der Waals surface area contributed by atoms with Crippen LogP contribution in [-0.2, 0) is 6.54 Å². The number of aryl methyl sites for hydroxylation is 3. The maximum Gasteiger partial charge on any atom is 0.282 e. The van der Waals surface area contributed by atoms with E-state index < -0.39 is 0 Å². The van der Waals surface area contributed by atoms with E-state index in [4.69, 9.17) is 9.47 Å². The number of nitrogens with zero attached hydrogens (tertiary/aromatic N) is 4. The van der Waals surface area contributed by atoms with E-state index >= 15 is 0 Å².